The molecule has 0 aliphatic carbocycles. The van der Waals surface area contributed by atoms with Gasteiger partial charge in [-0.25, -0.2) is 9.97 Å². The van der Waals surface area contributed by atoms with Gasteiger partial charge in [0.25, 0.3) is 5.91 Å². The Labute approximate surface area is 196 Å². The molecule has 6 nitrogen and oxygen atoms in total. The molecule has 6 heteroatoms. The number of aryl methyl sites for hydroxylation is 3. The summed E-state index contributed by atoms with van der Waals surface area (Å²) in [7, 11) is 3.79. The Morgan fingerprint density at radius 1 is 1.09 bits per heavy atom. The number of rotatable bonds is 5. The molecule has 33 heavy (non-hydrogen) atoms. The van der Waals surface area contributed by atoms with Crippen LogP contribution in [0.3, 0.4) is 0 Å². The molecule has 3 aromatic rings. The number of piperidine rings is 1. The second-order valence-electron chi connectivity index (χ2n) is 9.36. The van der Waals surface area contributed by atoms with Gasteiger partial charge in [-0.3, -0.25) is 9.78 Å². The SMILES string of the molecule is Cc1cccc(Cc2cc(C)nc([C@H]3CCCN(C(=O)c4cnc(N(C)C)nc4C)C3)c2)c1. The van der Waals surface area contributed by atoms with Crippen LogP contribution in [0.4, 0.5) is 5.95 Å². The van der Waals surface area contributed by atoms with Crippen molar-refractivity contribution in [3.63, 3.8) is 0 Å². The van der Waals surface area contributed by atoms with Crippen molar-refractivity contribution in [1.29, 1.82) is 0 Å². The van der Waals surface area contributed by atoms with Crippen LogP contribution in [-0.2, 0) is 6.42 Å². The summed E-state index contributed by atoms with van der Waals surface area (Å²) in [4.78, 5) is 30.8. The first kappa shape index (κ1) is 22.9. The van der Waals surface area contributed by atoms with Crippen LogP contribution in [0.5, 0.6) is 0 Å². The lowest BCUT2D eigenvalue weighted by molar-refractivity contribution is 0.0704. The highest BCUT2D eigenvalue weighted by molar-refractivity contribution is 5.95. The Morgan fingerprint density at radius 2 is 1.91 bits per heavy atom. The summed E-state index contributed by atoms with van der Waals surface area (Å²) < 4.78 is 0. The highest BCUT2D eigenvalue weighted by atomic mass is 16.2. The Balaban J connectivity index is 1.52. The van der Waals surface area contributed by atoms with Crippen LogP contribution < -0.4 is 4.90 Å². The number of carbonyl (C=O) groups excluding carboxylic acids is 1. The molecular weight excluding hydrogens is 410 g/mol. The smallest absolute Gasteiger partial charge is 0.257 e. The number of nitrogens with zero attached hydrogens (tertiary/aromatic N) is 5. The van der Waals surface area contributed by atoms with Gasteiger partial charge in [-0.15, -0.1) is 0 Å². The zero-order valence-electron chi connectivity index (χ0n) is 20.3. The Hall–Kier alpha value is -3.28. The van der Waals surface area contributed by atoms with E-state index in [2.05, 4.69) is 60.2 Å². The summed E-state index contributed by atoms with van der Waals surface area (Å²) in [6, 6.07) is 13.1. The van der Waals surface area contributed by atoms with Crippen LogP contribution in [0.2, 0.25) is 0 Å². The molecule has 1 aromatic carbocycles. The third kappa shape index (κ3) is 5.38. The van der Waals surface area contributed by atoms with E-state index in [-0.39, 0.29) is 11.8 Å². The van der Waals surface area contributed by atoms with Gasteiger partial charge in [-0.2, -0.15) is 0 Å². The summed E-state index contributed by atoms with van der Waals surface area (Å²) in [6.07, 6.45) is 4.56. The first-order valence-electron chi connectivity index (χ1n) is 11.6. The van der Waals surface area contributed by atoms with Crippen molar-refractivity contribution in [2.45, 2.75) is 46.0 Å². The molecule has 1 aliphatic heterocycles. The topological polar surface area (TPSA) is 62.2 Å². The average Bonchev–Trinajstić information content (AvgIpc) is 2.78. The molecule has 3 heterocycles. The van der Waals surface area contributed by atoms with E-state index in [1.165, 1.54) is 16.7 Å². The van der Waals surface area contributed by atoms with Crippen LogP contribution in [0, 0.1) is 20.8 Å². The molecule has 4 rings (SSSR count). The van der Waals surface area contributed by atoms with Gasteiger partial charge in [-0.05, 0) is 63.3 Å². The number of anilines is 1. The summed E-state index contributed by atoms with van der Waals surface area (Å²) in [5, 5.41) is 0. The molecule has 0 radical (unpaired) electrons. The fraction of sp³-hybridized carbons (Fsp3) is 0.407. The molecule has 1 atom stereocenters. The summed E-state index contributed by atoms with van der Waals surface area (Å²) in [5.41, 5.74) is 7.28. The first-order chi connectivity index (χ1) is 15.8. The van der Waals surface area contributed by atoms with Gasteiger partial charge in [-0.1, -0.05) is 29.8 Å². The van der Waals surface area contributed by atoms with Crippen LogP contribution in [0.25, 0.3) is 0 Å². The van der Waals surface area contributed by atoms with E-state index in [9.17, 15) is 4.79 Å². The summed E-state index contributed by atoms with van der Waals surface area (Å²) >= 11 is 0. The molecule has 0 unspecified atom stereocenters. The van der Waals surface area contributed by atoms with Crippen LogP contribution in [0.1, 0.15) is 62.9 Å². The van der Waals surface area contributed by atoms with E-state index in [1.54, 1.807) is 6.20 Å². The third-order valence-corrected chi connectivity index (χ3v) is 6.25. The fourth-order valence-corrected chi connectivity index (χ4v) is 4.59. The van der Waals surface area contributed by atoms with E-state index in [4.69, 9.17) is 4.98 Å². The normalized spacial score (nSPS) is 16.0. The van der Waals surface area contributed by atoms with Crippen molar-refractivity contribution < 1.29 is 4.79 Å². The van der Waals surface area contributed by atoms with Gasteiger partial charge in [0, 0.05) is 50.7 Å². The van der Waals surface area contributed by atoms with Crippen molar-refractivity contribution in [2.75, 3.05) is 32.1 Å². The Kier molecular flexibility index (Phi) is 6.72. The number of hydrogen-bond donors (Lipinski definition) is 0. The number of benzene rings is 1. The van der Waals surface area contributed by atoms with Crippen molar-refractivity contribution in [2.24, 2.45) is 0 Å². The highest BCUT2D eigenvalue weighted by Gasteiger charge is 2.28. The van der Waals surface area contributed by atoms with E-state index in [0.717, 1.165) is 42.9 Å². The van der Waals surface area contributed by atoms with Crippen LogP contribution in [-0.4, -0.2) is 52.9 Å². The number of aromatic nitrogens is 3. The molecule has 0 N–H and O–H groups in total. The minimum absolute atomic E-state index is 0.00939. The lowest BCUT2D eigenvalue weighted by Crippen LogP contribution is -2.39. The van der Waals surface area contributed by atoms with Crippen LogP contribution >= 0.6 is 0 Å². The van der Waals surface area contributed by atoms with Gasteiger partial charge in [0.05, 0.1) is 11.3 Å². The molecule has 0 bridgehead atoms. The molecule has 1 aliphatic rings. The molecule has 1 saturated heterocycles. The van der Waals surface area contributed by atoms with Gasteiger partial charge in [0.2, 0.25) is 5.95 Å². The standard InChI is InChI=1S/C27H33N5O/c1-18-8-6-9-21(12-18)14-22-13-19(2)29-25(15-22)23-10-7-11-32(17-23)26(33)24-16-28-27(31(4)5)30-20(24)3/h6,8-9,12-13,15-16,23H,7,10-11,14,17H2,1-5H3/t23-/m0/s1. The zero-order chi connectivity index (χ0) is 23.5. The second-order valence-corrected chi connectivity index (χ2v) is 9.36. The molecule has 0 spiro atoms. The van der Waals surface area contributed by atoms with Gasteiger partial charge >= 0.3 is 0 Å². The molecule has 1 fully saturated rings. The molecule has 172 valence electrons. The molecule has 0 saturated carbocycles. The lowest BCUT2D eigenvalue weighted by Gasteiger charge is -2.33. The van der Waals surface area contributed by atoms with E-state index in [0.29, 0.717) is 18.1 Å². The maximum Gasteiger partial charge on any atom is 0.257 e. The van der Waals surface area contributed by atoms with Crippen molar-refractivity contribution in [1.82, 2.24) is 19.9 Å². The van der Waals surface area contributed by atoms with Crippen LogP contribution in [0.15, 0.2) is 42.6 Å². The third-order valence-electron chi connectivity index (χ3n) is 6.25. The Bertz CT molecular complexity index is 1160. The van der Waals surface area contributed by atoms with Gasteiger partial charge < -0.3 is 9.80 Å². The van der Waals surface area contributed by atoms with Crippen molar-refractivity contribution in [3.05, 3.63) is 81.9 Å². The number of likely N-dealkylation sites (tertiary alicyclic amines) is 1. The predicted octanol–water partition coefficient (Wildman–Crippen LogP) is 4.47. The van der Waals surface area contributed by atoms with E-state index in [1.807, 2.05) is 30.8 Å². The number of amides is 1. The second kappa shape index (κ2) is 9.69. The quantitative estimate of drug-likeness (QED) is 0.582. The van der Waals surface area contributed by atoms with Gasteiger partial charge in [0.15, 0.2) is 0 Å². The maximum atomic E-state index is 13.3. The number of hydrogen-bond acceptors (Lipinski definition) is 5. The summed E-state index contributed by atoms with van der Waals surface area (Å²) in [5.74, 6) is 0.863. The first-order valence-corrected chi connectivity index (χ1v) is 11.6. The summed E-state index contributed by atoms with van der Waals surface area (Å²) in [6.45, 7) is 7.49. The number of carbonyl (C=O) groups is 1. The average molecular weight is 444 g/mol. The van der Waals surface area contributed by atoms with E-state index < -0.39 is 0 Å². The molecule has 1 amide bonds. The highest BCUT2D eigenvalue weighted by Crippen LogP contribution is 2.28. The van der Waals surface area contributed by atoms with Crippen molar-refractivity contribution in [3.8, 4) is 0 Å². The fourth-order valence-electron chi connectivity index (χ4n) is 4.59. The molecular formula is C27H33N5O. The number of pyridine rings is 1. The molecule has 2 aromatic heterocycles. The van der Waals surface area contributed by atoms with Gasteiger partial charge in [0.1, 0.15) is 0 Å². The van der Waals surface area contributed by atoms with E-state index >= 15 is 0 Å². The largest absolute Gasteiger partial charge is 0.347 e. The maximum absolute atomic E-state index is 13.3. The van der Waals surface area contributed by atoms with Crippen molar-refractivity contribution >= 4 is 11.9 Å². The lowest BCUT2D eigenvalue weighted by atomic mass is 9.92. The minimum atomic E-state index is 0.00939. The zero-order valence-corrected chi connectivity index (χ0v) is 20.3. The predicted molar refractivity (Wildman–Crippen MR) is 132 cm³/mol. The Morgan fingerprint density at radius 3 is 2.64 bits per heavy atom. The monoisotopic (exact) mass is 443 g/mol. The minimum Gasteiger partial charge on any atom is -0.347 e.